The van der Waals surface area contributed by atoms with Crippen LogP contribution in [0.1, 0.15) is 0 Å². The highest BCUT2D eigenvalue weighted by Crippen LogP contribution is 2.24. The summed E-state index contributed by atoms with van der Waals surface area (Å²) in [6.45, 7) is -2.49. The third-order valence-electron chi connectivity index (χ3n) is 2.02. The fourth-order valence-electron chi connectivity index (χ4n) is 1.25. The molecule has 0 aromatic heterocycles. The lowest BCUT2D eigenvalue weighted by molar-refractivity contribution is -0.0517. The predicted octanol–water partition coefficient (Wildman–Crippen LogP) is 0.786. The maximum Gasteiger partial charge on any atom is 0.387 e. The van der Waals surface area contributed by atoms with Gasteiger partial charge in [-0.25, -0.2) is 13.1 Å². The van der Waals surface area contributed by atoms with Gasteiger partial charge in [0.15, 0.2) is 0 Å². The van der Waals surface area contributed by atoms with E-state index in [1.807, 2.05) is 0 Å². The van der Waals surface area contributed by atoms with Gasteiger partial charge in [-0.2, -0.15) is 8.78 Å². The summed E-state index contributed by atoms with van der Waals surface area (Å²) < 4.78 is 54.4. The van der Waals surface area contributed by atoms with Crippen molar-refractivity contribution < 1.29 is 21.9 Å². The minimum Gasteiger partial charge on any atom is -0.433 e. The molecular formula is C10H14F2N2O3S. The van der Waals surface area contributed by atoms with E-state index in [0.717, 1.165) is 0 Å². The summed E-state index contributed by atoms with van der Waals surface area (Å²) in [6.07, 6.45) is 0. The minimum atomic E-state index is -3.86. The first-order chi connectivity index (χ1) is 8.47. The number of likely N-dealkylation sites (N-methyl/N-ethyl adjacent to an activating group) is 1. The van der Waals surface area contributed by atoms with Crippen molar-refractivity contribution >= 4 is 10.0 Å². The van der Waals surface area contributed by atoms with Gasteiger partial charge in [0.2, 0.25) is 10.0 Å². The second-order valence-electron chi connectivity index (χ2n) is 3.33. The number of hydrogen-bond donors (Lipinski definition) is 2. The molecule has 0 bridgehead atoms. The van der Waals surface area contributed by atoms with Crippen LogP contribution in [0.15, 0.2) is 29.2 Å². The quantitative estimate of drug-likeness (QED) is 0.725. The van der Waals surface area contributed by atoms with Crippen LogP contribution in [-0.4, -0.2) is 35.2 Å². The summed E-state index contributed by atoms with van der Waals surface area (Å²) in [7, 11) is -2.19. The Hall–Kier alpha value is -1.25. The molecule has 18 heavy (non-hydrogen) atoms. The lowest BCUT2D eigenvalue weighted by atomic mass is 10.3. The van der Waals surface area contributed by atoms with Crippen LogP contribution in [-0.2, 0) is 10.0 Å². The maximum absolute atomic E-state index is 12.1. The van der Waals surface area contributed by atoms with Gasteiger partial charge in [0, 0.05) is 13.1 Å². The molecular weight excluding hydrogens is 266 g/mol. The first-order valence-corrected chi connectivity index (χ1v) is 6.64. The highest BCUT2D eigenvalue weighted by Gasteiger charge is 2.20. The Labute approximate surface area is 104 Å². The fraction of sp³-hybridized carbons (Fsp3) is 0.400. The van der Waals surface area contributed by atoms with E-state index in [0.29, 0.717) is 6.54 Å². The molecule has 8 heteroatoms. The third kappa shape index (κ3) is 4.21. The molecule has 0 atom stereocenters. The molecule has 0 spiro atoms. The molecule has 0 heterocycles. The standard InChI is InChI=1S/C10H14F2N2O3S/c1-13-6-7-14-18(15,16)9-5-3-2-4-8(9)17-10(11)12/h2-5,10,13-14H,6-7H2,1H3. The summed E-state index contributed by atoms with van der Waals surface area (Å²) in [5, 5.41) is 2.76. The normalized spacial score (nSPS) is 11.8. The van der Waals surface area contributed by atoms with Gasteiger partial charge in [-0.1, -0.05) is 12.1 Å². The number of sulfonamides is 1. The average molecular weight is 280 g/mol. The Morgan fingerprint density at radius 2 is 1.94 bits per heavy atom. The molecule has 0 fully saturated rings. The van der Waals surface area contributed by atoms with Crippen molar-refractivity contribution in [1.82, 2.24) is 10.0 Å². The summed E-state index contributed by atoms with van der Waals surface area (Å²) in [5.74, 6) is -0.371. The largest absolute Gasteiger partial charge is 0.433 e. The monoisotopic (exact) mass is 280 g/mol. The van der Waals surface area contributed by atoms with Gasteiger partial charge in [-0.05, 0) is 19.2 Å². The molecule has 102 valence electrons. The fourth-order valence-corrected chi connectivity index (χ4v) is 2.42. The van der Waals surface area contributed by atoms with Crippen molar-refractivity contribution in [2.45, 2.75) is 11.5 Å². The Morgan fingerprint density at radius 3 is 2.56 bits per heavy atom. The highest BCUT2D eigenvalue weighted by molar-refractivity contribution is 7.89. The zero-order valence-corrected chi connectivity index (χ0v) is 10.5. The smallest absolute Gasteiger partial charge is 0.387 e. The SMILES string of the molecule is CNCCNS(=O)(=O)c1ccccc1OC(F)F. The van der Waals surface area contributed by atoms with E-state index in [9.17, 15) is 17.2 Å². The molecule has 0 saturated carbocycles. The number of ether oxygens (including phenoxy) is 1. The van der Waals surface area contributed by atoms with E-state index >= 15 is 0 Å². The molecule has 0 saturated heterocycles. The third-order valence-corrected chi connectivity index (χ3v) is 3.52. The van der Waals surface area contributed by atoms with Gasteiger partial charge in [0.1, 0.15) is 10.6 Å². The highest BCUT2D eigenvalue weighted by atomic mass is 32.2. The summed E-state index contributed by atoms with van der Waals surface area (Å²) in [4.78, 5) is -0.304. The molecule has 0 aliphatic carbocycles. The van der Waals surface area contributed by atoms with E-state index in [1.54, 1.807) is 7.05 Å². The second-order valence-corrected chi connectivity index (χ2v) is 5.06. The number of nitrogens with one attached hydrogen (secondary N) is 2. The van der Waals surface area contributed by atoms with Crippen LogP contribution in [0.25, 0.3) is 0 Å². The molecule has 2 N–H and O–H groups in total. The Bertz CT molecular complexity index is 480. The van der Waals surface area contributed by atoms with Crippen LogP contribution in [0.3, 0.4) is 0 Å². The lowest BCUT2D eigenvalue weighted by Gasteiger charge is -2.11. The second kappa shape index (κ2) is 6.62. The Morgan fingerprint density at radius 1 is 1.28 bits per heavy atom. The molecule has 1 aromatic rings. The molecule has 1 rings (SSSR count). The van der Waals surface area contributed by atoms with E-state index in [1.165, 1.54) is 24.3 Å². The molecule has 0 radical (unpaired) electrons. The van der Waals surface area contributed by atoms with Crippen molar-refractivity contribution in [3.8, 4) is 5.75 Å². The Balaban J connectivity index is 2.93. The van der Waals surface area contributed by atoms with Crippen molar-refractivity contribution in [2.24, 2.45) is 0 Å². The van der Waals surface area contributed by atoms with Crippen LogP contribution in [0.2, 0.25) is 0 Å². The first-order valence-electron chi connectivity index (χ1n) is 5.15. The van der Waals surface area contributed by atoms with Crippen molar-refractivity contribution in [2.75, 3.05) is 20.1 Å². The molecule has 5 nitrogen and oxygen atoms in total. The maximum atomic E-state index is 12.1. The zero-order chi connectivity index (χ0) is 13.6. The summed E-state index contributed by atoms with van der Waals surface area (Å²) in [5.41, 5.74) is 0. The van der Waals surface area contributed by atoms with Crippen molar-refractivity contribution in [3.05, 3.63) is 24.3 Å². The van der Waals surface area contributed by atoms with Gasteiger partial charge in [0.25, 0.3) is 0 Å². The van der Waals surface area contributed by atoms with Crippen LogP contribution in [0, 0.1) is 0 Å². The average Bonchev–Trinajstić information content (AvgIpc) is 2.29. The number of para-hydroxylation sites is 1. The van der Waals surface area contributed by atoms with Crippen LogP contribution < -0.4 is 14.8 Å². The first kappa shape index (κ1) is 14.8. The van der Waals surface area contributed by atoms with E-state index in [2.05, 4.69) is 14.8 Å². The van der Waals surface area contributed by atoms with Crippen LogP contribution in [0.4, 0.5) is 8.78 Å². The van der Waals surface area contributed by atoms with Crippen molar-refractivity contribution in [3.63, 3.8) is 0 Å². The zero-order valence-electron chi connectivity index (χ0n) is 9.69. The topological polar surface area (TPSA) is 67.4 Å². The Kier molecular flexibility index (Phi) is 5.45. The van der Waals surface area contributed by atoms with Gasteiger partial charge in [0.05, 0.1) is 0 Å². The van der Waals surface area contributed by atoms with E-state index in [4.69, 9.17) is 0 Å². The van der Waals surface area contributed by atoms with E-state index in [-0.39, 0.29) is 17.2 Å². The minimum absolute atomic E-state index is 0.155. The van der Waals surface area contributed by atoms with Gasteiger partial charge in [-0.3, -0.25) is 0 Å². The molecule has 0 aliphatic heterocycles. The lowest BCUT2D eigenvalue weighted by Crippen LogP contribution is -2.30. The number of rotatable bonds is 7. The van der Waals surface area contributed by atoms with Crippen molar-refractivity contribution in [1.29, 1.82) is 0 Å². The van der Waals surface area contributed by atoms with Gasteiger partial charge >= 0.3 is 6.61 Å². The summed E-state index contributed by atoms with van der Waals surface area (Å²) >= 11 is 0. The molecule has 0 unspecified atom stereocenters. The number of benzene rings is 1. The summed E-state index contributed by atoms with van der Waals surface area (Å²) in [6, 6.07) is 5.24. The molecule has 0 aliphatic rings. The molecule has 1 aromatic carbocycles. The van der Waals surface area contributed by atoms with Gasteiger partial charge in [-0.15, -0.1) is 0 Å². The predicted molar refractivity (Wildman–Crippen MR) is 62.2 cm³/mol. The number of halogens is 2. The molecule has 0 amide bonds. The van der Waals surface area contributed by atoms with Gasteiger partial charge < -0.3 is 10.1 Å². The van der Waals surface area contributed by atoms with E-state index < -0.39 is 16.6 Å². The number of alkyl halides is 2. The van der Waals surface area contributed by atoms with Crippen LogP contribution in [0.5, 0.6) is 5.75 Å². The number of hydrogen-bond acceptors (Lipinski definition) is 4. The van der Waals surface area contributed by atoms with Crippen LogP contribution >= 0.6 is 0 Å².